The number of hydrogen-bond donors (Lipinski definition) is 2. The van der Waals surface area contributed by atoms with Gasteiger partial charge in [-0.05, 0) is 19.1 Å². The molecular weight excluding hydrogens is 279 g/mol. The standard InChI is InChI=1S/C11H8F3N3O3/c1-5-8(18)16-10(20)17(9(5)19)6-2-3-7(15-4-6)11(12,13)14/h2-4,19H,1H3,(H,16,18,20). The van der Waals surface area contributed by atoms with Crippen LogP contribution in [-0.2, 0) is 6.18 Å². The smallest absolute Gasteiger partial charge is 0.433 e. The normalized spacial score (nSPS) is 11.6. The fraction of sp³-hybridized carbons (Fsp3) is 0.182. The van der Waals surface area contributed by atoms with E-state index in [-0.39, 0.29) is 11.3 Å². The topological polar surface area (TPSA) is 88.0 Å². The predicted octanol–water partition coefficient (Wildman–Crippen LogP) is 0.954. The quantitative estimate of drug-likeness (QED) is 0.817. The SMILES string of the molecule is Cc1c(O)n(-c2ccc(C(F)(F)F)nc2)c(=O)[nH]c1=O. The third kappa shape index (κ3) is 2.29. The highest BCUT2D eigenvalue weighted by molar-refractivity contribution is 5.36. The number of rotatable bonds is 1. The first kappa shape index (κ1) is 13.8. The average molecular weight is 287 g/mol. The van der Waals surface area contributed by atoms with Crippen molar-refractivity contribution in [3.05, 3.63) is 50.4 Å². The Hall–Kier alpha value is -2.58. The van der Waals surface area contributed by atoms with Gasteiger partial charge in [-0.15, -0.1) is 0 Å². The summed E-state index contributed by atoms with van der Waals surface area (Å²) in [7, 11) is 0. The van der Waals surface area contributed by atoms with Crippen LogP contribution in [0.5, 0.6) is 5.88 Å². The molecule has 2 heterocycles. The van der Waals surface area contributed by atoms with Crippen LogP contribution >= 0.6 is 0 Å². The molecule has 106 valence electrons. The van der Waals surface area contributed by atoms with Crippen molar-refractivity contribution in [1.82, 2.24) is 14.5 Å². The van der Waals surface area contributed by atoms with Gasteiger partial charge >= 0.3 is 11.9 Å². The van der Waals surface area contributed by atoms with Crippen molar-refractivity contribution < 1.29 is 18.3 Å². The first-order valence-electron chi connectivity index (χ1n) is 5.30. The second-order valence-electron chi connectivity index (χ2n) is 3.94. The van der Waals surface area contributed by atoms with Gasteiger partial charge in [0.05, 0.1) is 17.4 Å². The van der Waals surface area contributed by atoms with E-state index < -0.39 is 29.0 Å². The molecule has 9 heteroatoms. The fourth-order valence-electron chi connectivity index (χ4n) is 1.54. The second kappa shape index (κ2) is 4.51. The van der Waals surface area contributed by atoms with E-state index in [1.165, 1.54) is 6.92 Å². The van der Waals surface area contributed by atoms with Crippen molar-refractivity contribution in [3.8, 4) is 11.6 Å². The van der Waals surface area contributed by atoms with Gasteiger partial charge < -0.3 is 5.11 Å². The van der Waals surface area contributed by atoms with Crippen LogP contribution < -0.4 is 11.2 Å². The third-order valence-electron chi connectivity index (χ3n) is 2.61. The third-order valence-corrected chi connectivity index (χ3v) is 2.61. The van der Waals surface area contributed by atoms with Crippen molar-refractivity contribution in [2.45, 2.75) is 13.1 Å². The van der Waals surface area contributed by atoms with E-state index in [1.54, 1.807) is 0 Å². The van der Waals surface area contributed by atoms with E-state index in [0.717, 1.165) is 12.3 Å². The summed E-state index contributed by atoms with van der Waals surface area (Å²) in [6, 6.07) is 1.64. The fourth-order valence-corrected chi connectivity index (χ4v) is 1.54. The summed E-state index contributed by atoms with van der Waals surface area (Å²) in [6.45, 7) is 1.27. The molecule has 2 N–H and O–H groups in total. The Labute approximate surface area is 109 Å². The molecule has 0 bridgehead atoms. The highest BCUT2D eigenvalue weighted by atomic mass is 19.4. The van der Waals surface area contributed by atoms with E-state index >= 15 is 0 Å². The van der Waals surface area contributed by atoms with Gasteiger partial charge in [0.25, 0.3) is 5.56 Å². The molecule has 0 amide bonds. The lowest BCUT2D eigenvalue weighted by Gasteiger charge is -2.10. The minimum Gasteiger partial charge on any atom is -0.494 e. The number of pyridine rings is 1. The van der Waals surface area contributed by atoms with Gasteiger partial charge in [-0.1, -0.05) is 0 Å². The first-order valence-corrected chi connectivity index (χ1v) is 5.30. The Morgan fingerprint density at radius 3 is 2.45 bits per heavy atom. The van der Waals surface area contributed by atoms with Crippen LogP contribution in [0.2, 0.25) is 0 Å². The number of aromatic nitrogens is 3. The molecule has 0 spiro atoms. The van der Waals surface area contributed by atoms with Gasteiger partial charge in [0.1, 0.15) is 5.69 Å². The van der Waals surface area contributed by atoms with Crippen LogP contribution in [0, 0.1) is 6.92 Å². The van der Waals surface area contributed by atoms with Crippen LogP contribution in [0.15, 0.2) is 27.9 Å². The molecule has 0 saturated carbocycles. The van der Waals surface area contributed by atoms with Crippen molar-refractivity contribution >= 4 is 0 Å². The summed E-state index contributed by atoms with van der Waals surface area (Å²) in [6.07, 6.45) is -3.83. The van der Waals surface area contributed by atoms with Gasteiger partial charge in [-0.3, -0.25) is 9.78 Å². The van der Waals surface area contributed by atoms with Crippen LogP contribution in [0.4, 0.5) is 13.2 Å². The Morgan fingerprint density at radius 1 is 1.30 bits per heavy atom. The maximum Gasteiger partial charge on any atom is 0.433 e. The molecule has 0 aliphatic heterocycles. The lowest BCUT2D eigenvalue weighted by Crippen LogP contribution is -2.30. The van der Waals surface area contributed by atoms with Gasteiger partial charge in [0.15, 0.2) is 0 Å². The molecule has 0 radical (unpaired) electrons. The first-order chi connectivity index (χ1) is 9.21. The zero-order valence-electron chi connectivity index (χ0n) is 10.0. The molecule has 2 rings (SSSR count). The lowest BCUT2D eigenvalue weighted by atomic mass is 10.3. The highest BCUT2D eigenvalue weighted by Gasteiger charge is 2.32. The number of nitrogens with zero attached hydrogens (tertiary/aromatic N) is 2. The number of alkyl halides is 3. The summed E-state index contributed by atoms with van der Waals surface area (Å²) in [5.41, 5.74) is -3.11. The van der Waals surface area contributed by atoms with Crippen LogP contribution in [0.25, 0.3) is 5.69 Å². The van der Waals surface area contributed by atoms with E-state index in [1.807, 2.05) is 4.98 Å². The summed E-state index contributed by atoms with van der Waals surface area (Å²) in [5.74, 6) is -0.652. The Morgan fingerprint density at radius 2 is 1.95 bits per heavy atom. The average Bonchev–Trinajstić information content (AvgIpc) is 2.36. The minimum atomic E-state index is -4.60. The number of hydrogen-bond acceptors (Lipinski definition) is 4. The maximum atomic E-state index is 12.4. The van der Waals surface area contributed by atoms with E-state index in [0.29, 0.717) is 10.6 Å². The molecule has 0 atom stereocenters. The number of halogens is 3. The summed E-state index contributed by atoms with van der Waals surface area (Å²) >= 11 is 0. The second-order valence-corrected chi connectivity index (χ2v) is 3.94. The van der Waals surface area contributed by atoms with Crippen molar-refractivity contribution in [2.24, 2.45) is 0 Å². The van der Waals surface area contributed by atoms with Crippen LogP contribution in [0.1, 0.15) is 11.3 Å². The lowest BCUT2D eigenvalue weighted by molar-refractivity contribution is -0.141. The number of aromatic hydroxyl groups is 1. The Balaban J connectivity index is 2.62. The monoisotopic (exact) mass is 287 g/mol. The molecule has 0 aliphatic carbocycles. The zero-order valence-corrected chi connectivity index (χ0v) is 10.0. The van der Waals surface area contributed by atoms with Crippen molar-refractivity contribution in [2.75, 3.05) is 0 Å². The summed E-state index contributed by atoms with van der Waals surface area (Å²) < 4.78 is 37.8. The van der Waals surface area contributed by atoms with E-state index in [9.17, 15) is 27.9 Å². The Kier molecular flexibility index (Phi) is 3.12. The molecule has 0 saturated heterocycles. The van der Waals surface area contributed by atoms with Crippen LogP contribution in [0.3, 0.4) is 0 Å². The largest absolute Gasteiger partial charge is 0.494 e. The van der Waals surface area contributed by atoms with Crippen LogP contribution in [-0.4, -0.2) is 19.6 Å². The van der Waals surface area contributed by atoms with Crippen molar-refractivity contribution in [3.63, 3.8) is 0 Å². The van der Waals surface area contributed by atoms with Gasteiger partial charge in [0.2, 0.25) is 5.88 Å². The van der Waals surface area contributed by atoms with E-state index in [2.05, 4.69) is 4.98 Å². The molecule has 0 fully saturated rings. The molecule has 0 aromatic carbocycles. The van der Waals surface area contributed by atoms with Gasteiger partial charge in [0, 0.05) is 0 Å². The molecular formula is C11H8F3N3O3. The summed E-state index contributed by atoms with van der Waals surface area (Å²) in [5, 5.41) is 9.73. The van der Waals surface area contributed by atoms with Gasteiger partial charge in [-0.2, -0.15) is 13.2 Å². The minimum absolute atomic E-state index is 0.0974. The molecule has 2 aromatic heterocycles. The molecule has 6 nitrogen and oxygen atoms in total. The molecule has 0 unspecified atom stereocenters. The molecule has 0 aliphatic rings. The number of H-pyrrole nitrogens is 1. The zero-order chi connectivity index (χ0) is 15.1. The van der Waals surface area contributed by atoms with Gasteiger partial charge in [-0.25, -0.2) is 14.3 Å². The predicted molar refractivity (Wildman–Crippen MR) is 61.9 cm³/mol. The van der Waals surface area contributed by atoms with E-state index in [4.69, 9.17) is 0 Å². The summed E-state index contributed by atoms with van der Waals surface area (Å²) in [4.78, 5) is 27.9. The number of aromatic amines is 1. The molecule has 20 heavy (non-hydrogen) atoms. The number of nitrogens with one attached hydrogen (secondary N) is 1. The maximum absolute atomic E-state index is 12.4. The Bertz CT molecular complexity index is 760. The highest BCUT2D eigenvalue weighted by Crippen LogP contribution is 2.27. The van der Waals surface area contributed by atoms with Crippen molar-refractivity contribution in [1.29, 1.82) is 0 Å². The molecule has 2 aromatic rings.